The van der Waals surface area contributed by atoms with Crippen LogP contribution < -0.4 is 0 Å². The van der Waals surface area contributed by atoms with E-state index in [1.807, 2.05) is 0 Å². The number of rotatable bonds is 8. The van der Waals surface area contributed by atoms with Crippen molar-refractivity contribution in [2.75, 3.05) is 0 Å². The number of nitriles is 3. The topological polar surface area (TPSA) is 71.4 Å². The number of unbranched alkanes of at least 4 members (excludes halogenated alkanes) is 4. The Morgan fingerprint density at radius 1 is 0.733 bits per heavy atom. The Labute approximate surface area is 91.9 Å². The van der Waals surface area contributed by atoms with Crippen molar-refractivity contribution in [3.8, 4) is 18.2 Å². The zero-order valence-corrected chi connectivity index (χ0v) is 9.08. The van der Waals surface area contributed by atoms with Crippen molar-refractivity contribution in [2.24, 2.45) is 5.92 Å². The minimum atomic E-state index is 0.0422. The van der Waals surface area contributed by atoms with Crippen LogP contribution in [0.4, 0.5) is 0 Å². The molecular weight excluding hydrogens is 186 g/mol. The van der Waals surface area contributed by atoms with Gasteiger partial charge < -0.3 is 0 Å². The predicted octanol–water partition coefficient (Wildman–Crippen LogP) is 3.29. The lowest BCUT2D eigenvalue weighted by Crippen LogP contribution is -1.96. The summed E-state index contributed by atoms with van der Waals surface area (Å²) in [6.45, 7) is 0. The smallest absolute Gasteiger partial charge is 0.0656 e. The summed E-state index contributed by atoms with van der Waals surface area (Å²) in [6.07, 6.45) is 6.87. The fourth-order valence-corrected chi connectivity index (χ4v) is 1.46. The van der Waals surface area contributed by atoms with Crippen LogP contribution >= 0.6 is 0 Å². The molecular formula is C12H17N3. The molecule has 0 aliphatic heterocycles. The number of hydrogen-bond acceptors (Lipinski definition) is 3. The Balaban J connectivity index is 3.37. The van der Waals surface area contributed by atoms with Crippen LogP contribution in [0.15, 0.2) is 0 Å². The average molecular weight is 203 g/mol. The summed E-state index contributed by atoms with van der Waals surface area (Å²) in [5, 5.41) is 25.5. The summed E-state index contributed by atoms with van der Waals surface area (Å²) >= 11 is 0. The molecule has 80 valence electrons. The third-order valence-electron chi connectivity index (χ3n) is 2.38. The molecule has 15 heavy (non-hydrogen) atoms. The molecule has 0 aliphatic rings. The lowest BCUT2D eigenvalue weighted by molar-refractivity contribution is 0.512. The van der Waals surface area contributed by atoms with Crippen LogP contribution in [-0.2, 0) is 0 Å². The van der Waals surface area contributed by atoms with Crippen LogP contribution in [0.5, 0.6) is 0 Å². The van der Waals surface area contributed by atoms with E-state index in [4.69, 9.17) is 15.8 Å². The Hall–Kier alpha value is -1.53. The zero-order chi connectivity index (χ0) is 11.4. The van der Waals surface area contributed by atoms with Crippen molar-refractivity contribution in [3.05, 3.63) is 0 Å². The molecule has 0 aromatic heterocycles. The van der Waals surface area contributed by atoms with Crippen molar-refractivity contribution < 1.29 is 0 Å². The summed E-state index contributed by atoms with van der Waals surface area (Å²) in [5.41, 5.74) is 0. The van der Waals surface area contributed by atoms with Crippen molar-refractivity contribution in [1.29, 1.82) is 15.8 Å². The van der Waals surface area contributed by atoms with E-state index in [1.54, 1.807) is 0 Å². The van der Waals surface area contributed by atoms with E-state index < -0.39 is 0 Å². The molecule has 0 saturated carbocycles. The normalized spacial score (nSPS) is 11.0. The fraction of sp³-hybridized carbons (Fsp3) is 0.750. The van der Waals surface area contributed by atoms with Gasteiger partial charge in [0.1, 0.15) is 0 Å². The van der Waals surface area contributed by atoms with Gasteiger partial charge in [0.25, 0.3) is 0 Å². The van der Waals surface area contributed by atoms with Gasteiger partial charge in [0.2, 0.25) is 0 Å². The number of hydrogen-bond donors (Lipinski definition) is 0. The van der Waals surface area contributed by atoms with Crippen LogP contribution in [-0.4, -0.2) is 0 Å². The summed E-state index contributed by atoms with van der Waals surface area (Å²) in [6, 6.07) is 6.42. The van der Waals surface area contributed by atoms with E-state index in [9.17, 15) is 0 Å². The Morgan fingerprint density at radius 2 is 1.40 bits per heavy atom. The third-order valence-corrected chi connectivity index (χ3v) is 2.38. The third kappa shape index (κ3) is 8.79. The molecule has 0 fully saturated rings. The first-order valence-electron chi connectivity index (χ1n) is 5.48. The van der Waals surface area contributed by atoms with Crippen LogP contribution in [0.25, 0.3) is 0 Å². The highest BCUT2D eigenvalue weighted by Crippen LogP contribution is 2.15. The number of nitrogens with zero attached hydrogens (tertiary/aromatic N) is 3. The molecule has 0 aromatic carbocycles. The molecule has 0 N–H and O–H groups in total. The molecule has 0 aliphatic carbocycles. The lowest BCUT2D eigenvalue weighted by atomic mass is 9.97. The Bertz CT molecular complexity index is 264. The minimum Gasteiger partial charge on any atom is -0.198 e. The second kappa shape index (κ2) is 10.6. The molecule has 0 spiro atoms. The standard InChI is InChI=1S/C12H17N3/c13-9-5-3-1-2-4-7-12(11-15)8-6-10-14/h12H,1-8H2. The van der Waals surface area contributed by atoms with Crippen molar-refractivity contribution in [1.82, 2.24) is 0 Å². The highest BCUT2D eigenvalue weighted by molar-refractivity contribution is 4.85. The Morgan fingerprint density at radius 3 is 2.00 bits per heavy atom. The maximum atomic E-state index is 8.79. The highest BCUT2D eigenvalue weighted by Gasteiger charge is 2.05. The largest absolute Gasteiger partial charge is 0.198 e. The predicted molar refractivity (Wildman–Crippen MR) is 57.3 cm³/mol. The first-order valence-corrected chi connectivity index (χ1v) is 5.48. The van der Waals surface area contributed by atoms with Gasteiger partial charge in [0.15, 0.2) is 0 Å². The first-order chi connectivity index (χ1) is 7.35. The molecule has 0 rings (SSSR count). The van der Waals surface area contributed by atoms with Gasteiger partial charge in [0.05, 0.1) is 18.2 Å². The quantitative estimate of drug-likeness (QED) is 0.568. The first kappa shape index (κ1) is 13.5. The van der Waals surface area contributed by atoms with E-state index in [0.29, 0.717) is 19.3 Å². The maximum Gasteiger partial charge on any atom is 0.0656 e. The van der Waals surface area contributed by atoms with Crippen molar-refractivity contribution in [2.45, 2.75) is 51.4 Å². The second-order valence-corrected chi connectivity index (χ2v) is 3.63. The van der Waals surface area contributed by atoms with Gasteiger partial charge in [-0.25, -0.2) is 0 Å². The van der Waals surface area contributed by atoms with Crippen LogP contribution in [0.1, 0.15) is 51.4 Å². The van der Waals surface area contributed by atoms with Gasteiger partial charge in [0, 0.05) is 18.8 Å². The summed E-state index contributed by atoms with van der Waals surface area (Å²) in [4.78, 5) is 0. The van der Waals surface area contributed by atoms with Crippen LogP contribution in [0, 0.1) is 39.9 Å². The van der Waals surface area contributed by atoms with Crippen LogP contribution in [0.2, 0.25) is 0 Å². The molecule has 0 amide bonds. The monoisotopic (exact) mass is 203 g/mol. The molecule has 0 bridgehead atoms. The maximum absolute atomic E-state index is 8.79. The summed E-state index contributed by atoms with van der Waals surface area (Å²) < 4.78 is 0. The van der Waals surface area contributed by atoms with E-state index >= 15 is 0 Å². The highest BCUT2D eigenvalue weighted by atomic mass is 14.3. The fourth-order valence-electron chi connectivity index (χ4n) is 1.46. The molecule has 3 nitrogen and oxygen atoms in total. The van der Waals surface area contributed by atoms with E-state index in [0.717, 1.165) is 32.1 Å². The van der Waals surface area contributed by atoms with E-state index in [2.05, 4.69) is 18.2 Å². The Kier molecular flexibility index (Phi) is 9.47. The summed E-state index contributed by atoms with van der Waals surface area (Å²) in [7, 11) is 0. The van der Waals surface area contributed by atoms with Gasteiger partial charge >= 0.3 is 0 Å². The molecule has 0 heterocycles. The van der Waals surface area contributed by atoms with Gasteiger partial charge in [-0.05, 0) is 19.3 Å². The minimum absolute atomic E-state index is 0.0422. The molecule has 1 unspecified atom stereocenters. The van der Waals surface area contributed by atoms with Gasteiger partial charge in [-0.1, -0.05) is 19.3 Å². The van der Waals surface area contributed by atoms with Crippen molar-refractivity contribution >= 4 is 0 Å². The SMILES string of the molecule is N#CCCCCCCC(C#N)CCC#N. The zero-order valence-electron chi connectivity index (χ0n) is 9.08. The summed E-state index contributed by atoms with van der Waals surface area (Å²) in [5.74, 6) is 0.0422. The average Bonchev–Trinajstić information content (AvgIpc) is 2.27. The van der Waals surface area contributed by atoms with Crippen LogP contribution in [0.3, 0.4) is 0 Å². The van der Waals surface area contributed by atoms with Gasteiger partial charge in [-0.3, -0.25) is 0 Å². The van der Waals surface area contributed by atoms with E-state index in [-0.39, 0.29) is 5.92 Å². The second-order valence-electron chi connectivity index (χ2n) is 3.63. The molecule has 0 aromatic rings. The van der Waals surface area contributed by atoms with Gasteiger partial charge in [-0.15, -0.1) is 0 Å². The molecule has 0 radical (unpaired) electrons. The van der Waals surface area contributed by atoms with E-state index in [1.165, 1.54) is 0 Å². The van der Waals surface area contributed by atoms with Gasteiger partial charge in [-0.2, -0.15) is 15.8 Å². The van der Waals surface area contributed by atoms with Crippen molar-refractivity contribution in [3.63, 3.8) is 0 Å². The molecule has 0 saturated heterocycles. The lowest BCUT2D eigenvalue weighted by Gasteiger charge is -2.05. The molecule has 3 heteroatoms. The molecule has 1 atom stereocenters.